The summed E-state index contributed by atoms with van der Waals surface area (Å²) in [4.78, 5) is 25.9. The smallest absolute Gasteiger partial charge is 0.321 e. The van der Waals surface area contributed by atoms with E-state index in [0.717, 1.165) is 18.6 Å². The summed E-state index contributed by atoms with van der Waals surface area (Å²) in [5.41, 5.74) is -1.74. The molecule has 2 heterocycles. The molecule has 1 saturated heterocycles. The SMILES string of the molecule is O=C(Nc1ccc(N2CCCC2=O)cc1)c1nnn(-c2cccc(F)c2)c1C(F)(F)F. The summed E-state index contributed by atoms with van der Waals surface area (Å²) in [6, 6.07) is 10.5. The first-order chi connectivity index (χ1) is 14.7. The summed E-state index contributed by atoms with van der Waals surface area (Å²) in [6.07, 6.45) is -3.76. The number of nitrogens with zero attached hydrogens (tertiary/aromatic N) is 4. The third-order valence-corrected chi connectivity index (χ3v) is 4.72. The predicted molar refractivity (Wildman–Crippen MR) is 102 cm³/mol. The van der Waals surface area contributed by atoms with Crippen molar-refractivity contribution in [2.24, 2.45) is 0 Å². The number of hydrogen-bond acceptors (Lipinski definition) is 4. The maximum Gasteiger partial charge on any atom is 0.435 e. The van der Waals surface area contributed by atoms with E-state index < -0.39 is 29.3 Å². The highest BCUT2D eigenvalue weighted by Gasteiger charge is 2.42. The molecule has 0 atom stereocenters. The van der Waals surface area contributed by atoms with Crippen LogP contribution in [0.25, 0.3) is 5.69 Å². The maximum absolute atomic E-state index is 13.7. The van der Waals surface area contributed by atoms with Crippen LogP contribution in [-0.2, 0) is 11.0 Å². The largest absolute Gasteiger partial charge is 0.435 e. The third-order valence-electron chi connectivity index (χ3n) is 4.72. The minimum absolute atomic E-state index is 0.0134. The van der Waals surface area contributed by atoms with Gasteiger partial charge in [-0.1, -0.05) is 11.3 Å². The second kappa shape index (κ2) is 7.82. The van der Waals surface area contributed by atoms with Crippen LogP contribution in [0.2, 0.25) is 0 Å². The monoisotopic (exact) mass is 433 g/mol. The average Bonchev–Trinajstić information content (AvgIpc) is 3.35. The lowest BCUT2D eigenvalue weighted by Crippen LogP contribution is -2.23. The minimum Gasteiger partial charge on any atom is -0.321 e. The molecular formula is C20H15F4N5O2. The van der Waals surface area contributed by atoms with Crippen molar-refractivity contribution in [3.63, 3.8) is 0 Å². The van der Waals surface area contributed by atoms with Gasteiger partial charge in [0.1, 0.15) is 5.82 Å². The van der Waals surface area contributed by atoms with Crippen molar-refractivity contribution >= 4 is 23.2 Å². The highest BCUT2D eigenvalue weighted by atomic mass is 19.4. The highest BCUT2D eigenvalue weighted by molar-refractivity contribution is 6.04. The Morgan fingerprint density at radius 3 is 2.42 bits per heavy atom. The van der Waals surface area contributed by atoms with Crippen LogP contribution in [0.3, 0.4) is 0 Å². The maximum atomic E-state index is 13.7. The molecule has 0 saturated carbocycles. The van der Waals surface area contributed by atoms with Crippen molar-refractivity contribution in [2.45, 2.75) is 19.0 Å². The molecule has 31 heavy (non-hydrogen) atoms. The number of carbonyl (C=O) groups is 2. The molecule has 1 aliphatic rings. The van der Waals surface area contributed by atoms with Crippen molar-refractivity contribution in [3.8, 4) is 5.69 Å². The van der Waals surface area contributed by atoms with Gasteiger partial charge in [-0.15, -0.1) is 5.10 Å². The molecule has 0 aliphatic carbocycles. The second-order valence-electron chi connectivity index (χ2n) is 6.83. The molecule has 4 rings (SSSR count). The van der Waals surface area contributed by atoms with Gasteiger partial charge in [0.15, 0.2) is 11.4 Å². The molecule has 3 aromatic rings. The summed E-state index contributed by atoms with van der Waals surface area (Å²) in [6.45, 7) is 0.586. The Balaban J connectivity index is 1.61. The third kappa shape index (κ3) is 4.11. The number of alkyl halides is 3. The van der Waals surface area contributed by atoms with E-state index in [1.807, 2.05) is 0 Å². The van der Waals surface area contributed by atoms with Gasteiger partial charge in [-0.2, -0.15) is 13.2 Å². The fourth-order valence-electron chi connectivity index (χ4n) is 3.31. The standard InChI is InChI=1S/C20H15F4N5O2/c21-12-3-1-4-15(11-12)29-18(20(22,23)24)17(26-27-29)19(31)25-13-6-8-14(9-7-13)28-10-2-5-16(28)30/h1,3-4,6-9,11H,2,5,10H2,(H,25,31). The van der Waals surface area contributed by atoms with E-state index in [0.29, 0.717) is 23.3 Å². The van der Waals surface area contributed by atoms with E-state index in [1.165, 1.54) is 24.3 Å². The predicted octanol–water partition coefficient (Wildman–Crippen LogP) is 3.80. The number of carbonyl (C=O) groups excluding carboxylic acids is 2. The minimum atomic E-state index is -4.97. The first-order valence-electron chi connectivity index (χ1n) is 9.24. The van der Waals surface area contributed by atoms with Crippen molar-refractivity contribution in [1.29, 1.82) is 0 Å². The molecule has 0 bridgehead atoms. The lowest BCUT2D eigenvalue weighted by molar-refractivity contribution is -0.143. The first kappa shape index (κ1) is 20.5. The molecule has 11 heteroatoms. The molecule has 0 radical (unpaired) electrons. The Labute approximate surface area is 173 Å². The topological polar surface area (TPSA) is 80.1 Å². The van der Waals surface area contributed by atoms with E-state index in [-0.39, 0.29) is 17.3 Å². The van der Waals surface area contributed by atoms with Crippen molar-refractivity contribution in [1.82, 2.24) is 15.0 Å². The van der Waals surface area contributed by atoms with E-state index in [4.69, 9.17) is 0 Å². The molecule has 1 fully saturated rings. The van der Waals surface area contributed by atoms with Crippen LogP contribution in [0.15, 0.2) is 48.5 Å². The van der Waals surface area contributed by atoms with Crippen LogP contribution < -0.4 is 10.2 Å². The van der Waals surface area contributed by atoms with Gasteiger partial charge in [0.05, 0.1) is 5.69 Å². The van der Waals surface area contributed by atoms with Crippen LogP contribution in [0.1, 0.15) is 29.0 Å². The zero-order valence-electron chi connectivity index (χ0n) is 15.9. The summed E-state index contributed by atoms with van der Waals surface area (Å²) >= 11 is 0. The Morgan fingerprint density at radius 2 is 1.81 bits per heavy atom. The van der Waals surface area contributed by atoms with Crippen LogP contribution in [0, 0.1) is 5.82 Å². The Kier molecular flexibility index (Phi) is 5.17. The number of aromatic nitrogens is 3. The van der Waals surface area contributed by atoms with Gasteiger partial charge in [-0.3, -0.25) is 9.59 Å². The molecule has 0 unspecified atom stereocenters. The van der Waals surface area contributed by atoms with E-state index >= 15 is 0 Å². The van der Waals surface area contributed by atoms with E-state index in [1.54, 1.807) is 17.0 Å². The number of anilines is 2. The normalized spacial score (nSPS) is 14.2. The second-order valence-corrected chi connectivity index (χ2v) is 6.83. The fourth-order valence-corrected chi connectivity index (χ4v) is 3.31. The van der Waals surface area contributed by atoms with Gasteiger partial charge in [-0.25, -0.2) is 9.07 Å². The highest BCUT2D eigenvalue weighted by Crippen LogP contribution is 2.33. The summed E-state index contributed by atoms with van der Waals surface area (Å²) in [7, 11) is 0. The molecular weight excluding hydrogens is 418 g/mol. The quantitative estimate of drug-likeness (QED) is 0.635. The van der Waals surface area contributed by atoms with E-state index in [2.05, 4.69) is 15.6 Å². The molecule has 7 nitrogen and oxygen atoms in total. The number of nitrogens with one attached hydrogen (secondary N) is 1. The Hall–Kier alpha value is -3.76. The fraction of sp³-hybridized carbons (Fsp3) is 0.200. The lowest BCUT2D eigenvalue weighted by atomic mass is 10.2. The van der Waals surface area contributed by atoms with Crippen LogP contribution in [0.4, 0.5) is 28.9 Å². The number of hydrogen-bond donors (Lipinski definition) is 1. The van der Waals surface area contributed by atoms with Gasteiger partial charge >= 0.3 is 6.18 Å². The summed E-state index contributed by atoms with van der Waals surface area (Å²) in [5.74, 6) is -1.90. The zero-order chi connectivity index (χ0) is 22.2. The van der Waals surface area contributed by atoms with Gasteiger partial charge in [0.25, 0.3) is 5.91 Å². The zero-order valence-corrected chi connectivity index (χ0v) is 15.9. The number of halogens is 4. The van der Waals surface area contributed by atoms with Crippen molar-refractivity contribution in [2.75, 3.05) is 16.8 Å². The summed E-state index contributed by atoms with van der Waals surface area (Å²) < 4.78 is 54.9. The van der Waals surface area contributed by atoms with E-state index in [9.17, 15) is 27.2 Å². The van der Waals surface area contributed by atoms with Crippen LogP contribution in [0.5, 0.6) is 0 Å². The molecule has 2 aromatic carbocycles. The first-order valence-corrected chi connectivity index (χ1v) is 9.24. The van der Waals surface area contributed by atoms with Crippen LogP contribution >= 0.6 is 0 Å². The van der Waals surface area contributed by atoms with Gasteiger partial charge in [0, 0.05) is 24.3 Å². The number of amides is 2. The van der Waals surface area contributed by atoms with Gasteiger partial charge in [-0.05, 0) is 48.9 Å². The van der Waals surface area contributed by atoms with Gasteiger partial charge in [0.2, 0.25) is 5.91 Å². The van der Waals surface area contributed by atoms with Gasteiger partial charge < -0.3 is 10.2 Å². The number of rotatable bonds is 4. The van der Waals surface area contributed by atoms with Crippen molar-refractivity contribution < 1.29 is 27.2 Å². The molecule has 1 N–H and O–H groups in total. The Bertz CT molecular complexity index is 1140. The average molecular weight is 433 g/mol. The summed E-state index contributed by atoms with van der Waals surface area (Å²) in [5, 5.41) is 9.13. The number of benzene rings is 2. The van der Waals surface area contributed by atoms with Crippen molar-refractivity contribution in [3.05, 3.63) is 65.7 Å². The molecule has 2 amide bonds. The molecule has 0 spiro atoms. The molecule has 1 aromatic heterocycles. The Morgan fingerprint density at radius 1 is 1.06 bits per heavy atom. The molecule has 1 aliphatic heterocycles. The molecule has 160 valence electrons. The van der Waals surface area contributed by atoms with Crippen LogP contribution in [-0.4, -0.2) is 33.4 Å². The lowest BCUT2D eigenvalue weighted by Gasteiger charge is -2.16.